The Morgan fingerprint density at radius 1 is 1.65 bits per heavy atom. The molecule has 1 fully saturated rings. The molecule has 1 aromatic heterocycles. The highest BCUT2D eigenvalue weighted by Crippen LogP contribution is 2.12. The number of carbonyl (C=O) groups excluding carboxylic acids is 1. The predicted octanol–water partition coefficient (Wildman–Crippen LogP) is -1.08. The molecule has 1 aliphatic heterocycles. The normalized spacial score (nSPS) is 24.9. The van der Waals surface area contributed by atoms with Gasteiger partial charge in [-0.05, 0) is 6.92 Å². The van der Waals surface area contributed by atoms with Crippen molar-refractivity contribution in [3.05, 3.63) is 22.4 Å². The van der Waals surface area contributed by atoms with Crippen molar-refractivity contribution in [2.75, 3.05) is 19.7 Å². The van der Waals surface area contributed by atoms with Gasteiger partial charge < -0.3 is 24.7 Å². The molecule has 0 spiro atoms. The Labute approximate surface area is 97.4 Å². The van der Waals surface area contributed by atoms with E-state index in [0.717, 1.165) is 0 Å². The molecule has 2 atom stereocenters. The minimum absolute atomic E-state index is 0.127. The zero-order valence-electron chi connectivity index (χ0n) is 9.47. The Morgan fingerprint density at radius 2 is 2.41 bits per heavy atom. The van der Waals surface area contributed by atoms with E-state index in [4.69, 9.17) is 9.84 Å². The summed E-state index contributed by atoms with van der Waals surface area (Å²) in [5.41, 5.74) is -0.186. The molecular weight excluding hydrogens is 226 g/mol. The zero-order chi connectivity index (χ0) is 12.4. The van der Waals surface area contributed by atoms with Gasteiger partial charge in [0.15, 0.2) is 0 Å². The van der Waals surface area contributed by atoms with Gasteiger partial charge in [-0.2, -0.15) is 0 Å². The second kappa shape index (κ2) is 4.72. The van der Waals surface area contributed by atoms with Gasteiger partial charge in [-0.25, -0.2) is 4.79 Å². The van der Waals surface area contributed by atoms with Crippen LogP contribution >= 0.6 is 0 Å². The van der Waals surface area contributed by atoms with Crippen molar-refractivity contribution < 1.29 is 14.6 Å². The van der Waals surface area contributed by atoms with E-state index in [2.05, 4.69) is 9.97 Å². The molecule has 94 valence electrons. The maximum absolute atomic E-state index is 12.0. The van der Waals surface area contributed by atoms with Crippen LogP contribution in [0.5, 0.6) is 0 Å². The van der Waals surface area contributed by atoms with Gasteiger partial charge in [-0.15, -0.1) is 0 Å². The summed E-state index contributed by atoms with van der Waals surface area (Å²) in [7, 11) is 0. The van der Waals surface area contributed by atoms with Crippen LogP contribution in [0.1, 0.15) is 17.4 Å². The van der Waals surface area contributed by atoms with Crippen molar-refractivity contribution >= 4 is 5.91 Å². The van der Waals surface area contributed by atoms with Gasteiger partial charge in [0, 0.05) is 19.3 Å². The van der Waals surface area contributed by atoms with E-state index in [1.54, 1.807) is 4.90 Å². The van der Waals surface area contributed by atoms with Crippen molar-refractivity contribution in [1.82, 2.24) is 14.9 Å². The minimum Gasteiger partial charge on any atom is -0.394 e. The maximum atomic E-state index is 12.0. The van der Waals surface area contributed by atoms with E-state index in [-0.39, 0.29) is 30.4 Å². The third-order valence-electron chi connectivity index (χ3n) is 2.64. The number of aromatic nitrogens is 2. The largest absolute Gasteiger partial charge is 0.394 e. The highest BCUT2D eigenvalue weighted by Gasteiger charge is 2.29. The van der Waals surface area contributed by atoms with Crippen LogP contribution in [0.3, 0.4) is 0 Å². The lowest BCUT2D eigenvalue weighted by molar-refractivity contribution is -0.0859. The number of aromatic amines is 2. The third kappa shape index (κ3) is 2.56. The van der Waals surface area contributed by atoms with Crippen molar-refractivity contribution in [1.29, 1.82) is 0 Å². The molecule has 0 radical (unpaired) electrons. The molecule has 1 aromatic rings. The van der Waals surface area contributed by atoms with Crippen LogP contribution in [0.15, 0.2) is 11.0 Å². The standard InChI is InChI=1S/C10H15N3O4/c1-6-3-13(4-7(5-14)17-6)9(15)8-2-11-10(16)12-8/h2,6-7,14H,3-5H2,1H3,(H2,11,12,16). The summed E-state index contributed by atoms with van der Waals surface area (Å²) < 4.78 is 5.43. The first-order chi connectivity index (χ1) is 8.10. The molecule has 0 aliphatic carbocycles. The third-order valence-corrected chi connectivity index (χ3v) is 2.64. The Balaban J connectivity index is 2.11. The number of imidazole rings is 1. The highest BCUT2D eigenvalue weighted by atomic mass is 16.5. The van der Waals surface area contributed by atoms with E-state index < -0.39 is 5.69 Å². The molecule has 1 aliphatic rings. The Bertz CT molecular complexity index is 452. The predicted molar refractivity (Wildman–Crippen MR) is 58.7 cm³/mol. The summed E-state index contributed by atoms with van der Waals surface area (Å²) in [6.07, 6.45) is 0.850. The molecule has 3 N–H and O–H groups in total. The SMILES string of the molecule is CC1CN(C(=O)c2c[nH]c(=O)[nH]2)CC(CO)O1. The zero-order valence-corrected chi connectivity index (χ0v) is 9.47. The second-order valence-electron chi connectivity index (χ2n) is 4.12. The number of amides is 1. The van der Waals surface area contributed by atoms with Crippen molar-refractivity contribution in [3.63, 3.8) is 0 Å². The molecule has 7 nitrogen and oxygen atoms in total. The molecule has 7 heteroatoms. The number of nitrogens with one attached hydrogen (secondary N) is 2. The quantitative estimate of drug-likeness (QED) is 0.613. The smallest absolute Gasteiger partial charge is 0.323 e. The number of hydrogen-bond acceptors (Lipinski definition) is 4. The first-order valence-corrected chi connectivity index (χ1v) is 5.43. The van der Waals surface area contributed by atoms with E-state index in [1.807, 2.05) is 6.92 Å². The van der Waals surface area contributed by atoms with Crippen LogP contribution in [0, 0.1) is 0 Å². The summed E-state index contributed by atoms with van der Waals surface area (Å²) in [5.74, 6) is -0.267. The fraction of sp³-hybridized carbons (Fsp3) is 0.600. The summed E-state index contributed by atoms with van der Waals surface area (Å²) >= 11 is 0. The number of morpholine rings is 1. The Morgan fingerprint density at radius 3 is 3.00 bits per heavy atom. The average molecular weight is 241 g/mol. The molecule has 2 rings (SSSR count). The van der Waals surface area contributed by atoms with Crippen LogP contribution in [0.25, 0.3) is 0 Å². The van der Waals surface area contributed by atoms with Gasteiger partial charge in [0.05, 0.1) is 18.8 Å². The van der Waals surface area contributed by atoms with Crippen LogP contribution in [-0.2, 0) is 4.74 Å². The molecule has 0 bridgehead atoms. The maximum Gasteiger partial charge on any atom is 0.323 e. The molecule has 0 aromatic carbocycles. The van der Waals surface area contributed by atoms with E-state index in [1.165, 1.54) is 6.20 Å². The summed E-state index contributed by atoms with van der Waals surface area (Å²) in [5, 5.41) is 9.06. The van der Waals surface area contributed by atoms with Gasteiger partial charge in [0.1, 0.15) is 5.69 Å². The lowest BCUT2D eigenvalue weighted by Crippen LogP contribution is -2.50. The lowest BCUT2D eigenvalue weighted by Gasteiger charge is -2.35. The molecular formula is C10H15N3O4. The molecule has 1 amide bonds. The van der Waals surface area contributed by atoms with E-state index >= 15 is 0 Å². The van der Waals surface area contributed by atoms with Crippen LogP contribution < -0.4 is 5.69 Å². The topological polar surface area (TPSA) is 98.4 Å². The van der Waals surface area contributed by atoms with Crippen molar-refractivity contribution in [2.24, 2.45) is 0 Å². The first-order valence-electron chi connectivity index (χ1n) is 5.43. The number of aliphatic hydroxyl groups is 1. The Kier molecular flexibility index (Phi) is 3.30. The number of carbonyl (C=O) groups is 1. The van der Waals surface area contributed by atoms with E-state index in [9.17, 15) is 9.59 Å². The van der Waals surface area contributed by atoms with Crippen LogP contribution in [0.2, 0.25) is 0 Å². The first kappa shape index (κ1) is 11.9. The summed E-state index contributed by atoms with van der Waals surface area (Å²) in [6, 6.07) is 0. The minimum atomic E-state index is -0.409. The second-order valence-corrected chi connectivity index (χ2v) is 4.12. The lowest BCUT2D eigenvalue weighted by atomic mass is 10.2. The summed E-state index contributed by atoms with van der Waals surface area (Å²) in [4.78, 5) is 29.3. The Hall–Kier alpha value is -1.60. The average Bonchev–Trinajstić information content (AvgIpc) is 2.74. The number of nitrogens with zero attached hydrogens (tertiary/aromatic N) is 1. The van der Waals surface area contributed by atoms with Gasteiger partial charge in [0.25, 0.3) is 5.91 Å². The van der Waals surface area contributed by atoms with E-state index in [0.29, 0.717) is 13.1 Å². The monoisotopic (exact) mass is 241 g/mol. The fourth-order valence-corrected chi connectivity index (χ4v) is 1.93. The fourth-order valence-electron chi connectivity index (χ4n) is 1.93. The number of aliphatic hydroxyl groups excluding tert-OH is 1. The van der Waals surface area contributed by atoms with Gasteiger partial charge in [-0.3, -0.25) is 4.79 Å². The van der Waals surface area contributed by atoms with Crippen molar-refractivity contribution in [3.8, 4) is 0 Å². The van der Waals surface area contributed by atoms with Gasteiger partial charge in [0.2, 0.25) is 0 Å². The van der Waals surface area contributed by atoms with Crippen molar-refractivity contribution in [2.45, 2.75) is 19.1 Å². The van der Waals surface area contributed by atoms with Crippen LogP contribution in [-0.4, -0.2) is 57.8 Å². The summed E-state index contributed by atoms with van der Waals surface area (Å²) in [6.45, 7) is 2.48. The number of ether oxygens (including phenoxy) is 1. The number of H-pyrrole nitrogens is 2. The molecule has 2 unspecified atom stereocenters. The van der Waals surface area contributed by atoms with Gasteiger partial charge >= 0.3 is 5.69 Å². The molecule has 0 saturated carbocycles. The molecule has 1 saturated heterocycles. The number of hydrogen-bond donors (Lipinski definition) is 3. The van der Waals surface area contributed by atoms with Gasteiger partial charge in [-0.1, -0.05) is 0 Å². The number of rotatable bonds is 2. The molecule has 2 heterocycles. The highest BCUT2D eigenvalue weighted by molar-refractivity contribution is 5.92. The van der Waals surface area contributed by atoms with Crippen LogP contribution in [0.4, 0.5) is 0 Å². The molecule has 17 heavy (non-hydrogen) atoms.